The third kappa shape index (κ3) is 0.936. The molecule has 0 amide bonds. The Bertz CT molecular complexity index is 394. The van der Waals surface area contributed by atoms with Crippen LogP contribution in [0.3, 0.4) is 0 Å². The maximum absolute atomic E-state index is 4.66. The van der Waals surface area contributed by atoms with Crippen LogP contribution in [0.2, 0.25) is 0 Å². The van der Waals surface area contributed by atoms with Crippen LogP contribution in [0, 0.1) is 11.8 Å². The quantitative estimate of drug-likeness (QED) is 0.615. The van der Waals surface area contributed by atoms with Gasteiger partial charge >= 0.3 is 0 Å². The first-order valence-corrected chi connectivity index (χ1v) is 6.68. The number of hydrogen-bond donors (Lipinski definition) is 0. The molecule has 0 N–H and O–H groups in total. The van der Waals surface area contributed by atoms with E-state index in [2.05, 4.69) is 48.2 Å². The molecule has 2 aliphatic carbocycles. The van der Waals surface area contributed by atoms with E-state index in [0.717, 1.165) is 12.8 Å². The topological polar surface area (TPSA) is 49.4 Å². The highest BCUT2D eigenvalue weighted by Crippen LogP contribution is 2.66. The molecule has 4 rings (SSSR count). The van der Waals surface area contributed by atoms with Crippen molar-refractivity contribution in [3.8, 4) is 0 Å². The number of nitrogens with zero attached hydrogens (tertiary/aromatic N) is 4. The minimum absolute atomic E-state index is 0.00465. The molecule has 2 aliphatic heterocycles. The standard InChI is InChI=1S/C13H20N4/c1-10-6-11(2)9-5-8(10)12(3,15-14-10)7-13(9,4)17-16-11/h8-9H,5-7H2,1-4H3/t8?,9?,10-,11+,12+,13-. The van der Waals surface area contributed by atoms with E-state index in [-0.39, 0.29) is 22.2 Å². The van der Waals surface area contributed by atoms with Crippen LogP contribution < -0.4 is 0 Å². The summed E-state index contributed by atoms with van der Waals surface area (Å²) in [6, 6.07) is 0. The molecule has 0 aromatic rings. The second kappa shape index (κ2) is 2.34. The summed E-state index contributed by atoms with van der Waals surface area (Å²) in [7, 11) is 0. The highest BCUT2D eigenvalue weighted by molar-refractivity contribution is 5.26. The van der Waals surface area contributed by atoms with Crippen molar-refractivity contribution in [3.63, 3.8) is 0 Å². The molecule has 4 nitrogen and oxygen atoms in total. The van der Waals surface area contributed by atoms with E-state index in [1.807, 2.05) is 0 Å². The molecular formula is C13H20N4. The van der Waals surface area contributed by atoms with E-state index in [1.54, 1.807) is 0 Å². The molecule has 0 aromatic carbocycles. The Morgan fingerprint density at radius 2 is 0.941 bits per heavy atom. The molecule has 0 saturated heterocycles. The normalized spacial score (nSPS) is 66.6. The predicted octanol–water partition coefficient (Wildman–Crippen LogP) is 3.38. The Morgan fingerprint density at radius 3 is 1.24 bits per heavy atom. The zero-order chi connectivity index (χ0) is 12.1. The fraction of sp³-hybridized carbons (Fsp3) is 1.00. The lowest BCUT2D eigenvalue weighted by molar-refractivity contribution is -0.00219. The average molecular weight is 232 g/mol. The van der Waals surface area contributed by atoms with E-state index >= 15 is 0 Å². The van der Waals surface area contributed by atoms with Crippen LogP contribution in [0.1, 0.15) is 47.0 Å². The van der Waals surface area contributed by atoms with Crippen LogP contribution in [0.5, 0.6) is 0 Å². The molecule has 2 heterocycles. The summed E-state index contributed by atoms with van der Waals surface area (Å²) >= 11 is 0. The van der Waals surface area contributed by atoms with E-state index in [0.29, 0.717) is 11.8 Å². The molecule has 2 unspecified atom stereocenters. The third-order valence-corrected chi connectivity index (χ3v) is 5.92. The predicted molar refractivity (Wildman–Crippen MR) is 64.2 cm³/mol. The van der Waals surface area contributed by atoms with Gasteiger partial charge in [0.15, 0.2) is 0 Å². The summed E-state index contributed by atoms with van der Waals surface area (Å²) in [5.41, 5.74) is 0.0186. The van der Waals surface area contributed by atoms with E-state index < -0.39 is 0 Å². The molecule has 2 saturated carbocycles. The maximum Gasteiger partial charge on any atom is 0.0863 e. The summed E-state index contributed by atoms with van der Waals surface area (Å²) in [6.45, 7) is 9.07. The first-order chi connectivity index (χ1) is 7.80. The molecule has 4 heteroatoms. The van der Waals surface area contributed by atoms with Crippen molar-refractivity contribution in [2.45, 2.75) is 69.1 Å². The summed E-state index contributed by atoms with van der Waals surface area (Å²) in [5, 5.41) is 18.6. The van der Waals surface area contributed by atoms with Gasteiger partial charge in [0.25, 0.3) is 0 Å². The molecule has 17 heavy (non-hydrogen) atoms. The zero-order valence-electron chi connectivity index (χ0n) is 11.1. The molecule has 2 fully saturated rings. The van der Waals surface area contributed by atoms with Gasteiger partial charge in [0.1, 0.15) is 0 Å². The molecule has 4 aliphatic rings. The first kappa shape index (κ1) is 10.2. The van der Waals surface area contributed by atoms with Crippen LogP contribution in [-0.2, 0) is 0 Å². The van der Waals surface area contributed by atoms with Crippen molar-refractivity contribution in [3.05, 3.63) is 0 Å². The number of azo groups is 2. The zero-order valence-corrected chi connectivity index (χ0v) is 11.1. The summed E-state index contributed by atoms with van der Waals surface area (Å²) < 4.78 is 0. The molecule has 6 atom stereocenters. The Morgan fingerprint density at radius 1 is 0.647 bits per heavy atom. The number of hydrogen-bond acceptors (Lipinski definition) is 4. The Hall–Kier alpha value is -0.800. The van der Waals surface area contributed by atoms with Gasteiger partial charge in [-0.3, -0.25) is 0 Å². The van der Waals surface area contributed by atoms with Gasteiger partial charge in [0.05, 0.1) is 22.2 Å². The third-order valence-electron chi connectivity index (χ3n) is 5.92. The molecule has 0 spiro atoms. The van der Waals surface area contributed by atoms with Gasteiger partial charge in [-0.05, 0) is 34.1 Å². The van der Waals surface area contributed by atoms with Crippen molar-refractivity contribution < 1.29 is 0 Å². The van der Waals surface area contributed by atoms with Crippen molar-refractivity contribution >= 4 is 0 Å². The maximum atomic E-state index is 4.66. The number of rotatable bonds is 0. The van der Waals surface area contributed by atoms with Crippen LogP contribution in [-0.4, -0.2) is 22.2 Å². The molecule has 0 radical (unpaired) electrons. The van der Waals surface area contributed by atoms with E-state index in [9.17, 15) is 0 Å². The highest BCUT2D eigenvalue weighted by Gasteiger charge is 2.70. The minimum atomic E-state index is 0.00465. The van der Waals surface area contributed by atoms with Gasteiger partial charge < -0.3 is 0 Å². The summed E-state index contributed by atoms with van der Waals surface area (Å²) in [5.74, 6) is 1.20. The lowest BCUT2D eigenvalue weighted by atomic mass is 9.48. The first-order valence-electron chi connectivity index (χ1n) is 6.68. The SMILES string of the molecule is C[C@]12C[C@]3(C)N=N[C@]4(C)C[C@](C)(N=N1)C2CC43. The molecule has 0 aromatic heterocycles. The van der Waals surface area contributed by atoms with Crippen molar-refractivity contribution in [2.24, 2.45) is 32.3 Å². The van der Waals surface area contributed by atoms with Gasteiger partial charge in [-0.15, -0.1) is 0 Å². The Balaban J connectivity index is 1.93. The van der Waals surface area contributed by atoms with Crippen LogP contribution >= 0.6 is 0 Å². The van der Waals surface area contributed by atoms with Gasteiger partial charge in [-0.1, -0.05) is 0 Å². The van der Waals surface area contributed by atoms with Gasteiger partial charge in [-0.25, -0.2) is 0 Å². The lowest BCUT2D eigenvalue weighted by Crippen LogP contribution is -2.62. The smallest absolute Gasteiger partial charge is 0.0863 e. The van der Waals surface area contributed by atoms with Crippen molar-refractivity contribution in [1.82, 2.24) is 0 Å². The second-order valence-electron chi connectivity index (χ2n) is 7.52. The fourth-order valence-electron chi connectivity index (χ4n) is 5.41. The molecule has 2 bridgehead atoms. The Labute approximate surface area is 102 Å². The van der Waals surface area contributed by atoms with Crippen molar-refractivity contribution in [2.75, 3.05) is 0 Å². The average Bonchev–Trinajstić information content (AvgIpc) is 2.62. The minimum Gasteiger partial charge on any atom is -0.187 e. The second-order valence-corrected chi connectivity index (χ2v) is 7.52. The summed E-state index contributed by atoms with van der Waals surface area (Å²) in [4.78, 5) is 0. The highest BCUT2D eigenvalue weighted by atomic mass is 15.3. The fourth-order valence-corrected chi connectivity index (χ4v) is 5.41. The van der Waals surface area contributed by atoms with E-state index in [4.69, 9.17) is 0 Å². The van der Waals surface area contributed by atoms with Gasteiger partial charge in [-0.2, -0.15) is 20.5 Å². The van der Waals surface area contributed by atoms with Gasteiger partial charge in [0, 0.05) is 24.7 Å². The van der Waals surface area contributed by atoms with E-state index in [1.165, 1.54) is 6.42 Å². The Kier molecular flexibility index (Phi) is 1.40. The monoisotopic (exact) mass is 232 g/mol. The summed E-state index contributed by atoms with van der Waals surface area (Å²) in [6.07, 6.45) is 3.24. The van der Waals surface area contributed by atoms with Crippen LogP contribution in [0.15, 0.2) is 20.5 Å². The molecular weight excluding hydrogens is 212 g/mol. The van der Waals surface area contributed by atoms with Crippen molar-refractivity contribution in [1.29, 1.82) is 0 Å². The van der Waals surface area contributed by atoms with Crippen LogP contribution in [0.4, 0.5) is 0 Å². The molecule has 92 valence electrons. The lowest BCUT2D eigenvalue weighted by Gasteiger charge is -2.55. The van der Waals surface area contributed by atoms with Gasteiger partial charge in [0.2, 0.25) is 0 Å². The largest absolute Gasteiger partial charge is 0.187 e. The van der Waals surface area contributed by atoms with Crippen LogP contribution in [0.25, 0.3) is 0 Å².